The van der Waals surface area contributed by atoms with E-state index in [4.69, 9.17) is 0 Å². The van der Waals surface area contributed by atoms with Crippen molar-refractivity contribution in [3.63, 3.8) is 0 Å². The summed E-state index contributed by atoms with van der Waals surface area (Å²) in [5.74, 6) is -1.41. The van der Waals surface area contributed by atoms with Gasteiger partial charge in [0.1, 0.15) is 18.2 Å². The quantitative estimate of drug-likeness (QED) is 0.655. The molecule has 1 N–H and O–H groups in total. The van der Waals surface area contributed by atoms with E-state index in [0.717, 1.165) is 11.6 Å². The first-order chi connectivity index (χ1) is 14.2. The zero-order valence-corrected chi connectivity index (χ0v) is 15.9. The summed E-state index contributed by atoms with van der Waals surface area (Å²) in [6.45, 7) is -1.13. The molecule has 158 valence electrons. The molecule has 4 rings (SSSR count). The molecular formula is C19H18F4N6O. The second-order valence-corrected chi connectivity index (χ2v) is 7.07. The molecule has 0 unspecified atom stereocenters. The average molecular weight is 422 g/mol. The van der Waals surface area contributed by atoms with Gasteiger partial charge in [-0.1, -0.05) is 0 Å². The number of halogens is 4. The zero-order chi connectivity index (χ0) is 21.5. The van der Waals surface area contributed by atoms with Gasteiger partial charge in [0.15, 0.2) is 17.5 Å². The van der Waals surface area contributed by atoms with Crippen LogP contribution in [0.15, 0.2) is 30.7 Å². The van der Waals surface area contributed by atoms with Gasteiger partial charge in [-0.05, 0) is 25.0 Å². The Morgan fingerprint density at radius 3 is 2.87 bits per heavy atom. The highest BCUT2D eigenvalue weighted by Gasteiger charge is 2.36. The van der Waals surface area contributed by atoms with Crippen molar-refractivity contribution in [1.29, 1.82) is 0 Å². The van der Waals surface area contributed by atoms with E-state index in [1.807, 2.05) is 29.2 Å². The van der Waals surface area contributed by atoms with Crippen LogP contribution in [0.25, 0.3) is 22.4 Å². The molecule has 1 atom stereocenters. The van der Waals surface area contributed by atoms with Crippen molar-refractivity contribution in [2.24, 2.45) is 7.05 Å². The first-order valence-corrected chi connectivity index (χ1v) is 9.28. The molecule has 3 aromatic rings. The van der Waals surface area contributed by atoms with Crippen LogP contribution in [0.1, 0.15) is 12.8 Å². The first kappa shape index (κ1) is 20.0. The third kappa shape index (κ3) is 3.79. The van der Waals surface area contributed by atoms with Gasteiger partial charge < -0.3 is 14.8 Å². The van der Waals surface area contributed by atoms with Gasteiger partial charge in [0.2, 0.25) is 5.91 Å². The van der Waals surface area contributed by atoms with Gasteiger partial charge in [0.25, 0.3) is 0 Å². The summed E-state index contributed by atoms with van der Waals surface area (Å²) in [6.07, 6.45) is 0.743. The van der Waals surface area contributed by atoms with E-state index in [1.54, 1.807) is 12.3 Å². The Morgan fingerprint density at radius 1 is 1.30 bits per heavy atom. The Labute approximate surface area is 168 Å². The lowest BCUT2D eigenvalue weighted by atomic mass is 10.1. The highest BCUT2D eigenvalue weighted by Crippen LogP contribution is 2.30. The predicted octanol–water partition coefficient (Wildman–Crippen LogP) is 2.82. The van der Waals surface area contributed by atoms with Crippen molar-refractivity contribution < 1.29 is 22.4 Å². The smallest absolute Gasteiger partial charge is 0.345 e. The van der Waals surface area contributed by atoms with Crippen LogP contribution in [0, 0.1) is 5.82 Å². The van der Waals surface area contributed by atoms with E-state index < -0.39 is 30.5 Å². The number of amides is 1. The molecule has 0 radical (unpaired) electrons. The summed E-state index contributed by atoms with van der Waals surface area (Å²) in [7, 11) is 1.84. The molecule has 7 nitrogen and oxygen atoms in total. The van der Waals surface area contributed by atoms with E-state index in [2.05, 4.69) is 15.0 Å². The molecule has 11 heteroatoms. The lowest BCUT2D eigenvalue weighted by Crippen LogP contribution is -2.46. The number of carbonyl (C=O) groups excluding carboxylic acids is 1. The fourth-order valence-electron chi connectivity index (χ4n) is 3.65. The van der Waals surface area contributed by atoms with Crippen LogP contribution in [-0.2, 0) is 11.8 Å². The fourth-order valence-corrected chi connectivity index (χ4v) is 3.65. The molecule has 30 heavy (non-hydrogen) atoms. The van der Waals surface area contributed by atoms with Gasteiger partial charge in [-0.3, -0.25) is 4.79 Å². The van der Waals surface area contributed by atoms with Crippen molar-refractivity contribution in [3.8, 4) is 11.4 Å². The molecule has 0 bridgehead atoms. The molecule has 0 aliphatic carbocycles. The van der Waals surface area contributed by atoms with E-state index in [0.29, 0.717) is 30.6 Å². The van der Waals surface area contributed by atoms with Crippen LogP contribution in [0.3, 0.4) is 0 Å². The Morgan fingerprint density at radius 2 is 2.10 bits per heavy atom. The third-order valence-electron chi connectivity index (χ3n) is 5.03. The lowest BCUT2D eigenvalue weighted by Gasteiger charge is -2.25. The Bertz CT molecular complexity index is 1100. The summed E-state index contributed by atoms with van der Waals surface area (Å²) >= 11 is 0. The lowest BCUT2D eigenvalue weighted by molar-refractivity contribution is -0.139. The van der Waals surface area contributed by atoms with Gasteiger partial charge in [-0.15, -0.1) is 0 Å². The SMILES string of the molecule is Cn1ccc2c(-c3ncc(F)c(N4CCC[C@H]4C(=O)NCC(F)(F)F)n3)ccnc21. The molecule has 1 aliphatic rings. The van der Waals surface area contributed by atoms with Crippen LogP contribution >= 0.6 is 0 Å². The standard InChI is InChI=1S/C19H18F4N6O/c1-28-8-5-12-11(4-6-24-16(12)28)15-25-9-13(20)17(27-15)29-7-2-3-14(29)18(30)26-10-19(21,22)23/h4-6,8-9,14H,2-3,7,10H2,1H3,(H,26,30)/t14-/m0/s1. The number of aryl methyl sites for hydroxylation is 1. The first-order valence-electron chi connectivity index (χ1n) is 9.28. The van der Waals surface area contributed by atoms with E-state index in [1.165, 1.54) is 4.90 Å². The van der Waals surface area contributed by atoms with Crippen LogP contribution in [0.4, 0.5) is 23.4 Å². The van der Waals surface area contributed by atoms with Gasteiger partial charge in [0.05, 0.1) is 6.20 Å². The highest BCUT2D eigenvalue weighted by molar-refractivity contribution is 5.91. The molecule has 1 amide bonds. The maximum atomic E-state index is 14.6. The van der Waals surface area contributed by atoms with Crippen molar-refractivity contribution >= 4 is 22.8 Å². The number of fused-ring (bicyclic) bond motifs is 1. The monoisotopic (exact) mass is 422 g/mol. The van der Waals surface area contributed by atoms with Gasteiger partial charge in [-0.2, -0.15) is 13.2 Å². The molecular weight excluding hydrogens is 404 g/mol. The number of hydrogen-bond acceptors (Lipinski definition) is 5. The topological polar surface area (TPSA) is 75.9 Å². The van der Waals surface area contributed by atoms with E-state index in [9.17, 15) is 22.4 Å². The number of carbonyl (C=O) groups is 1. The fraction of sp³-hybridized carbons (Fsp3) is 0.368. The summed E-state index contributed by atoms with van der Waals surface area (Å²) in [4.78, 5) is 26.4. The normalized spacial score (nSPS) is 17.0. The van der Waals surface area contributed by atoms with Crippen molar-refractivity contribution in [2.45, 2.75) is 25.1 Å². The molecule has 0 saturated carbocycles. The van der Waals surface area contributed by atoms with Gasteiger partial charge >= 0.3 is 6.18 Å². The second-order valence-electron chi connectivity index (χ2n) is 7.07. The minimum absolute atomic E-state index is 0.106. The van der Waals surface area contributed by atoms with E-state index in [-0.39, 0.29) is 11.6 Å². The Hall–Kier alpha value is -3.24. The number of pyridine rings is 1. The van der Waals surface area contributed by atoms with Crippen LogP contribution in [0.5, 0.6) is 0 Å². The second kappa shape index (κ2) is 7.54. The number of nitrogens with one attached hydrogen (secondary N) is 1. The van der Waals surface area contributed by atoms with Gasteiger partial charge in [0, 0.05) is 36.9 Å². The minimum Gasteiger partial charge on any atom is -0.345 e. The molecule has 0 aromatic carbocycles. The van der Waals surface area contributed by atoms with Crippen molar-refractivity contribution in [3.05, 3.63) is 36.5 Å². The number of rotatable bonds is 4. The molecule has 1 aliphatic heterocycles. The number of nitrogens with zero attached hydrogens (tertiary/aromatic N) is 5. The minimum atomic E-state index is -4.52. The van der Waals surface area contributed by atoms with Crippen molar-refractivity contribution in [1.82, 2.24) is 24.8 Å². The molecule has 1 saturated heterocycles. The summed E-state index contributed by atoms with van der Waals surface area (Å²) in [5, 5.41) is 2.65. The molecule has 3 aromatic heterocycles. The average Bonchev–Trinajstić information content (AvgIpc) is 3.33. The number of alkyl halides is 3. The van der Waals surface area contributed by atoms with Crippen LogP contribution in [-0.4, -0.2) is 50.7 Å². The predicted molar refractivity (Wildman–Crippen MR) is 101 cm³/mol. The molecule has 4 heterocycles. The van der Waals surface area contributed by atoms with Crippen molar-refractivity contribution in [2.75, 3.05) is 18.0 Å². The maximum Gasteiger partial charge on any atom is 0.405 e. The number of aromatic nitrogens is 4. The Balaban J connectivity index is 1.67. The number of anilines is 1. The van der Waals surface area contributed by atoms with E-state index >= 15 is 0 Å². The van der Waals surface area contributed by atoms with Crippen LogP contribution in [0.2, 0.25) is 0 Å². The summed E-state index contributed by atoms with van der Waals surface area (Å²) < 4.78 is 53.7. The van der Waals surface area contributed by atoms with Crippen LogP contribution < -0.4 is 10.2 Å². The number of hydrogen-bond donors (Lipinski definition) is 1. The highest BCUT2D eigenvalue weighted by atomic mass is 19.4. The Kier molecular flexibility index (Phi) is 5.04. The van der Waals surface area contributed by atoms with Gasteiger partial charge in [-0.25, -0.2) is 19.3 Å². The third-order valence-corrected chi connectivity index (χ3v) is 5.03. The largest absolute Gasteiger partial charge is 0.405 e. The maximum absolute atomic E-state index is 14.6. The zero-order valence-electron chi connectivity index (χ0n) is 15.9. The molecule has 1 fully saturated rings. The summed E-state index contributed by atoms with van der Waals surface area (Å²) in [5.41, 5.74) is 1.34. The molecule has 0 spiro atoms. The summed E-state index contributed by atoms with van der Waals surface area (Å²) in [6, 6.07) is 2.61.